The first kappa shape index (κ1) is 15.0. The van der Waals surface area contributed by atoms with Gasteiger partial charge in [0.25, 0.3) is 5.91 Å². The smallest absolute Gasteiger partial charge is 0.273 e. The summed E-state index contributed by atoms with van der Waals surface area (Å²) in [7, 11) is 0. The molecule has 2 unspecified atom stereocenters. The van der Waals surface area contributed by atoms with Crippen LogP contribution in [0.5, 0.6) is 0 Å². The lowest BCUT2D eigenvalue weighted by Crippen LogP contribution is -2.73. The molecule has 2 aromatic rings. The standard InChI is InChI=1S/C18H18N4O2/c23-16(14-5-1-3-9-19-14)18-8-7-13(21-12-18)11-22(18)17(24)15-6-2-4-10-20-15/h1-6,9-10,13,21H,7-8,11-12H2. The molecule has 1 amide bonds. The molecular weight excluding hydrogens is 304 g/mol. The minimum Gasteiger partial charge on any atom is -0.321 e. The monoisotopic (exact) mass is 322 g/mol. The molecule has 3 saturated heterocycles. The molecule has 6 heteroatoms. The molecule has 0 spiro atoms. The van der Waals surface area contributed by atoms with Crippen LogP contribution in [0.2, 0.25) is 0 Å². The molecule has 3 aliphatic rings. The number of fused-ring (bicyclic) bond motifs is 3. The Morgan fingerprint density at radius 2 is 1.79 bits per heavy atom. The molecule has 2 atom stereocenters. The fourth-order valence-electron chi connectivity index (χ4n) is 3.65. The van der Waals surface area contributed by atoms with Gasteiger partial charge in [-0.1, -0.05) is 12.1 Å². The summed E-state index contributed by atoms with van der Waals surface area (Å²) in [4.78, 5) is 36.3. The molecule has 6 nitrogen and oxygen atoms in total. The average molecular weight is 322 g/mol. The van der Waals surface area contributed by atoms with E-state index in [9.17, 15) is 9.59 Å². The molecule has 5 heterocycles. The second-order valence-electron chi connectivity index (χ2n) is 6.32. The molecule has 0 aromatic carbocycles. The van der Waals surface area contributed by atoms with Gasteiger partial charge in [-0.3, -0.25) is 19.6 Å². The molecule has 2 bridgehead atoms. The number of carbonyl (C=O) groups excluding carboxylic acids is 2. The van der Waals surface area contributed by atoms with Crippen molar-refractivity contribution in [2.24, 2.45) is 0 Å². The van der Waals surface area contributed by atoms with E-state index in [-0.39, 0.29) is 17.7 Å². The van der Waals surface area contributed by atoms with Crippen LogP contribution in [0.4, 0.5) is 0 Å². The molecule has 122 valence electrons. The second-order valence-corrected chi connectivity index (χ2v) is 6.32. The third kappa shape index (κ3) is 2.30. The van der Waals surface area contributed by atoms with Gasteiger partial charge >= 0.3 is 0 Å². The van der Waals surface area contributed by atoms with Crippen molar-refractivity contribution in [1.29, 1.82) is 0 Å². The molecule has 24 heavy (non-hydrogen) atoms. The van der Waals surface area contributed by atoms with Crippen LogP contribution in [0.15, 0.2) is 48.8 Å². The van der Waals surface area contributed by atoms with Crippen LogP contribution in [-0.4, -0.2) is 51.2 Å². The number of carbonyl (C=O) groups is 2. The number of amides is 1. The van der Waals surface area contributed by atoms with Gasteiger partial charge in [-0.2, -0.15) is 0 Å². The minimum absolute atomic E-state index is 0.0990. The number of piperazine rings is 1. The average Bonchev–Trinajstić information content (AvgIpc) is 2.69. The summed E-state index contributed by atoms with van der Waals surface area (Å²) in [6, 6.07) is 10.8. The van der Waals surface area contributed by atoms with Gasteiger partial charge in [0, 0.05) is 31.5 Å². The Morgan fingerprint density at radius 3 is 2.38 bits per heavy atom. The second kappa shape index (κ2) is 5.79. The first-order valence-corrected chi connectivity index (χ1v) is 8.13. The van der Waals surface area contributed by atoms with E-state index in [1.165, 1.54) is 0 Å². The highest BCUT2D eigenvalue weighted by atomic mass is 16.2. The number of ketones is 1. The Morgan fingerprint density at radius 1 is 1.08 bits per heavy atom. The lowest BCUT2D eigenvalue weighted by atomic mass is 9.76. The predicted octanol–water partition coefficient (Wildman–Crippen LogP) is 1.31. The van der Waals surface area contributed by atoms with Crippen LogP contribution in [0.1, 0.15) is 33.8 Å². The van der Waals surface area contributed by atoms with Crippen LogP contribution < -0.4 is 5.32 Å². The Labute approximate surface area is 139 Å². The first-order valence-electron chi connectivity index (χ1n) is 8.13. The Balaban J connectivity index is 1.73. The minimum atomic E-state index is -0.877. The van der Waals surface area contributed by atoms with Crippen molar-refractivity contribution < 1.29 is 9.59 Å². The van der Waals surface area contributed by atoms with Gasteiger partial charge in [0.1, 0.15) is 16.9 Å². The van der Waals surface area contributed by atoms with E-state index >= 15 is 0 Å². The number of Topliss-reactive ketones (excluding diaryl/α,β-unsaturated/α-hetero) is 1. The van der Waals surface area contributed by atoms with Crippen molar-refractivity contribution >= 4 is 11.7 Å². The molecule has 3 fully saturated rings. The number of aromatic nitrogens is 2. The number of pyridine rings is 2. The van der Waals surface area contributed by atoms with E-state index in [1.807, 2.05) is 0 Å². The van der Waals surface area contributed by atoms with Crippen LogP contribution >= 0.6 is 0 Å². The molecule has 5 rings (SSSR count). The number of hydrogen-bond acceptors (Lipinski definition) is 5. The van der Waals surface area contributed by atoms with Crippen molar-refractivity contribution in [3.8, 4) is 0 Å². The van der Waals surface area contributed by atoms with E-state index in [1.54, 1.807) is 53.7 Å². The van der Waals surface area contributed by atoms with E-state index in [0.717, 1.165) is 6.42 Å². The zero-order valence-electron chi connectivity index (χ0n) is 13.2. The van der Waals surface area contributed by atoms with E-state index in [0.29, 0.717) is 30.9 Å². The van der Waals surface area contributed by atoms with Gasteiger partial charge in [-0.05, 0) is 37.1 Å². The fraction of sp³-hybridized carbons (Fsp3) is 0.333. The van der Waals surface area contributed by atoms with Crippen molar-refractivity contribution in [2.75, 3.05) is 13.1 Å². The molecule has 2 aromatic heterocycles. The van der Waals surface area contributed by atoms with Gasteiger partial charge in [0.2, 0.25) is 5.78 Å². The summed E-state index contributed by atoms with van der Waals surface area (Å²) in [5.74, 6) is -0.288. The molecule has 0 radical (unpaired) electrons. The summed E-state index contributed by atoms with van der Waals surface area (Å²) < 4.78 is 0. The zero-order chi connectivity index (χ0) is 16.6. The lowest BCUT2D eigenvalue weighted by molar-refractivity contribution is 0.00287. The van der Waals surface area contributed by atoms with E-state index < -0.39 is 5.54 Å². The lowest BCUT2D eigenvalue weighted by Gasteiger charge is -2.53. The Bertz CT molecular complexity index is 755. The van der Waals surface area contributed by atoms with Crippen molar-refractivity contribution in [3.05, 3.63) is 60.2 Å². The van der Waals surface area contributed by atoms with Gasteiger partial charge < -0.3 is 10.2 Å². The number of rotatable bonds is 3. The summed E-state index contributed by atoms with van der Waals surface area (Å²) in [5, 5.41) is 3.38. The van der Waals surface area contributed by atoms with Crippen molar-refractivity contribution in [2.45, 2.75) is 24.4 Å². The summed E-state index contributed by atoms with van der Waals surface area (Å²) in [5.41, 5.74) is -0.103. The molecule has 1 N–H and O–H groups in total. The van der Waals surface area contributed by atoms with Crippen molar-refractivity contribution in [3.63, 3.8) is 0 Å². The molecule has 0 saturated carbocycles. The number of nitrogens with one attached hydrogen (secondary N) is 1. The number of piperidine rings is 2. The highest BCUT2D eigenvalue weighted by molar-refractivity contribution is 6.06. The largest absolute Gasteiger partial charge is 0.321 e. The van der Waals surface area contributed by atoms with E-state index in [2.05, 4.69) is 15.3 Å². The summed E-state index contributed by atoms with van der Waals surface area (Å²) in [6.07, 6.45) is 4.74. The maximum Gasteiger partial charge on any atom is 0.273 e. The van der Waals surface area contributed by atoms with Gasteiger partial charge in [-0.25, -0.2) is 0 Å². The topological polar surface area (TPSA) is 75.2 Å². The normalized spacial score (nSPS) is 25.5. The van der Waals surface area contributed by atoms with Gasteiger partial charge in [0.15, 0.2) is 0 Å². The fourth-order valence-corrected chi connectivity index (χ4v) is 3.65. The van der Waals surface area contributed by atoms with Gasteiger partial charge in [-0.15, -0.1) is 0 Å². The third-order valence-electron chi connectivity index (χ3n) is 4.96. The molecular formula is C18H18N4O2. The third-order valence-corrected chi connectivity index (χ3v) is 4.96. The molecule has 0 aliphatic carbocycles. The zero-order valence-corrected chi connectivity index (χ0v) is 13.2. The molecule has 3 aliphatic heterocycles. The number of nitrogens with zero attached hydrogens (tertiary/aromatic N) is 3. The van der Waals surface area contributed by atoms with Crippen LogP contribution in [0, 0.1) is 0 Å². The summed E-state index contributed by atoms with van der Waals surface area (Å²) >= 11 is 0. The Kier molecular flexibility index (Phi) is 3.61. The first-order chi connectivity index (χ1) is 11.7. The maximum atomic E-state index is 13.2. The van der Waals surface area contributed by atoms with Gasteiger partial charge in [0.05, 0.1) is 0 Å². The van der Waals surface area contributed by atoms with Crippen LogP contribution in [0.3, 0.4) is 0 Å². The van der Waals surface area contributed by atoms with Crippen molar-refractivity contribution in [1.82, 2.24) is 20.2 Å². The Hall–Kier alpha value is -2.60. The summed E-state index contributed by atoms with van der Waals surface area (Å²) in [6.45, 7) is 0.986. The SMILES string of the molecule is O=C(c1ccccn1)N1CC2CCC1(C(=O)c1ccccn1)CN2. The van der Waals surface area contributed by atoms with E-state index in [4.69, 9.17) is 0 Å². The predicted molar refractivity (Wildman–Crippen MR) is 87.6 cm³/mol. The quantitative estimate of drug-likeness (QED) is 0.862. The maximum absolute atomic E-state index is 13.2. The highest BCUT2D eigenvalue weighted by Crippen LogP contribution is 2.36. The number of hydrogen-bond donors (Lipinski definition) is 1. The highest BCUT2D eigenvalue weighted by Gasteiger charge is 2.53. The van der Waals surface area contributed by atoms with Crippen LogP contribution in [0.25, 0.3) is 0 Å². The van der Waals surface area contributed by atoms with Crippen LogP contribution in [-0.2, 0) is 0 Å².